The Kier molecular flexibility index (Phi) is 2.82. The normalized spacial score (nSPS) is 22.1. The number of carbonyl (C=O) groups is 1. The van der Waals surface area contributed by atoms with Crippen LogP contribution in [0.1, 0.15) is 37.0 Å². The van der Waals surface area contributed by atoms with E-state index in [1.807, 2.05) is 13.0 Å². The maximum absolute atomic E-state index is 11.7. The summed E-state index contributed by atoms with van der Waals surface area (Å²) < 4.78 is 5.60. The molecule has 1 aliphatic rings. The van der Waals surface area contributed by atoms with Gasteiger partial charge >= 0.3 is 5.97 Å². The molecule has 1 atom stereocenters. The predicted molar refractivity (Wildman–Crippen MR) is 67.8 cm³/mol. The van der Waals surface area contributed by atoms with E-state index in [-0.39, 0.29) is 5.97 Å². The molecular formula is C15H18O2. The first-order valence-electron chi connectivity index (χ1n) is 5.92. The zero-order valence-electron chi connectivity index (χ0n) is 10.7. The van der Waals surface area contributed by atoms with Gasteiger partial charge in [-0.15, -0.1) is 0 Å². The van der Waals surface area contributed by atoms with Gasteiger partial charge < -0.3 is 4.74 Å². The summed E-state index contributed by atoms with van der Waals surface area (Å²) in [6.45, 7) is 9.39. The van der Waals surface area contributed by atoms with Crippen molar-refractivity contribution in [2.75, 3.05) is 0 Å². The van der Waals surface area contributed by atoms with Crippen molar-refractivity contribution in [2.24, 2.45) is 0 Å². The smallest absolute Gasteiger partial charge is 0.333 e. The van der Waals surface area contributed by atoms with E-state index < -0.39 is 5.60 Å². The average Bonchev–Trinajstić information content (AvgIpc) is 2.58. The van der Waals surface area contributed by atoms with E-state index >= 15 is 0 Å². The summed E-state index contributed by atoms with van der Waals surface area (Å²) >= 11 is 0. The summed E-state index contributed by atoms with van der Waals surface area (Å²) in [6, 6.07) is 6.18. The lowest BCUT2D eigenvalue weighted by molar-refractivity contribution is -0.154. The SMILES string of the molecule is C=C(C)C(=O)OC1(C)CCc2c(C)cccc21. The molecule has 0 radical (unpaired) electrons. The Hall–Kier alpha value is -1.57. The first-order valence-corrected chi connectivity index (χ1v) is 5.92. The van der Waals surface area contributed by atoms with Gasteiger partial charge in [0.15, 0.2) is 0 Å². The van der Waals surface area contributed by atoms with Crippen molar-refractivity contribution < 1.29 is 9.53 Å². The molecule has 0 bridgehead atoms. The van der Waals surface area contributed by atoms with Crippen LogP contribution in [0.2, 0.25) is 0 Å². The van der Waals surface area contributed by atoms with Crippen molar-refractivity contribution in [2.45, 2.75) is 39.2 Å². The van der Waals surface area contributed by atoms with Gasteiger partial charge in [-0.05, 0) is 50.3 Å². The molecule has 0 fully saturated rings. The van der Waals surface area contributed by atoms with Gasteiger partial charge in [0, 0.05) is 5.57 Å². The maximum atomic E-state index is 11.7. The maximum Gasteiger partial charge on any atom is 0.333 e. The zero-order valence-corrected chi connectivity index (χ0v) is 10.7. The van der Waals surface area contributed by atoms with Crippen molar-refractivity contribution in [1.29, 1.82) is 0 Å². The van der Waals surface area contributed by atoms with Crippen LogP contribution in [-0.2, 0) is 21.6 Å². The lowest BCUT2D eigenvalue weighted by Crippen LogP contribution is -2.26. The third kappa shape index (κ3) is 1.99. The molecule has 0 saturated heterocycles. The molecule has 0 aliphatic heterocycles. The predicted octanol–water partition coefficient (Wildman–Crippen LogP) is 3.28. The molecule has 90 valence electrons. The second-order valence-electron chi connectivity index (χ2n) is 5.00. The van der Waals surface area contributed by atoms with Gasteiger partial charge in [0.05, 0.1) is 0 Å². The van der Waals surface area contributed by atoms with E-state index in [9.17, 15) is 4.79 Å². The minimum atomic E-state index is -0.489. The minimum Gasteiger partial charge on any atom is -0.451 e. The van der Waals surface area contributed by atoms with Gasteiger partial charge in [0.25, 0.3) is 0 Å². The molecule has 2 heteroatoms. The largest absolute Gasteiger partial charge is 0.451 e. The number of aryl methyl sites for hydroxylation is 1. The van der Waals surface area contributed by atoms with Crippen molar-refractivity contribution in [3.63, 3.8) is 0 Å². The van der Waals surface area contributed by atoms with E-state index in [4.69, 9.17) is 4.74 Å². The monoisotopic (exact) mass is 230 g/mol. The van der Waals surface area contributed by atoms with Crippen LogP contribution in [0.15, 0.2) is 30.4 Å². The number of benzene rings is 1. The summed E-state index contributed by atoms with van der Waals surface area (Å²) in [5.41, 5.74) is 3.71. The Labute approximate surface area is 102 Å². The van der Waals surface area contributed by atoms with Gasteiger partial charge in [-0.25, -0.2) is 4.79 Å². The van der Waals surface area contributed by atoms with E-state index in [1.165, 1.54) is 11.1 Å². The lowest BCUT2D eigenvalue weighted by Gasteiger charge is -2.26. The molecule has 0 aromatic heterocycles. The zero-order chi connectivity index (χ0) is 12.6. The molecule has 0 saturated carbocycles. The van der Waals surface area contributed by atoms with Crippen molar-refractivity contribution in [3.8, 4) is 0 Å². The van der Waals surface area contributed by atoms with Crippen LogP contribution in [0.25, 0.3) is 0 Å². The Bertz CT molecular complexity index is 488. The standard InChI is InChI=1S/C15H18O2/c1-10(2)14(16)17-15(4)9-8-12-11(3)6-5-7-13(12)15/h5-7H,1,8-9H2,2-4H3. The van der Waals surface area contributed by atoms with Gasteiger partial charge in [0.1, 0.15) is 5.60 Å². The van der Waals surface area contributed by atoms with Crippen LogP contribution in [0, 0.1) is 6.92 Å². The first kappa shape index (κ1) is 11.9. The summed E-state index contributed by atoms with van der Waals surface area (Å²) in [6.07, 6.45) is 1.83. The number of hydrogen-bond acceptors (Lipinski definition) is 2. The molecule has 0 spiro atoms. The highest BCUT2D eigenvalue weighted by Gasteiger charge is 2.38. The summed E-state index contributed by atoms with van der Waals surface area (Å²) in [5, 5.41) is 0. The quantitative estimate of drug-likeness (QED) is 0.575. The Morgan fingerprint density at radius 3 is 2.82 bits per heavy atom. The van der Waals surface area contributed by atoms with Gasteiger partial charge in [-0.2, -0.15) is 0 Å². The van der Waals surface area contributed by atoms with Crippen LogP contribution in [0.3, 0.4) is 0 Å². The second-order valence-corrected chi connectivity index (χ2v) is 5.00. The fourth-order valence-corrected chi connectivity index (χ4v) is 2.43. The third-order valence-corrected chi connectivity index (χ3v) is 3.50. The fraction of sp³-hybridized carbons (Fsp3) is 0.400. The summed E-state index contributed by atoms with van der Waals surface area (Å²) in [5.74, 6) is -0.304. The molecular weight excluding hydrogens is 212 g/mol. The van der Waals surface area contributed by atoms with E-state index in [0.29, 0.717) is 5.57 Å². The van der Waals surface area contributed by atoms with Crippen molar-refractivity contribution in [3.05, 3.63) is 47.0 Å². The topological polar surface area (TPSA) is 26.3 Å². The molecule has 17 heavy (non-hydrogen) atoms. The number of carbonyl (C=O) groups excluding carboxylic acids is 1. The highest BCUT2D eigenvalue weighted by Crippen LogP contribution is 2.41. The molecule has 1 aliphatic carbocycles. The van der Waals surface area contributed by atoms with Crippen LogP contribution in [-0.4, -0.2) is 5.97 Å². The van der Waals surface area contributed by atoms with E-state index in [1.54, 1.807) is 6.92 Å². The van der Waals surface area contributed by atoms with Crippen molar-refractivity contribution >= 4 is 5.97 Å². The minimum absolute atomic E-state index is 0.304. The molecule has 0 N–H and O–H groups in total. The first-order chi connectivity index (χ1) is 7.94. The second kappa shape index (κ2) is 4.02. The number of fused-ring (bicyclic) bond motifs is 1. The Balaban J connectivity index is 2.35. The van der Waals surface area contributed by atoms with Gasteiger partial charge in [-0.1, -0.05) is 24.8 Å². The van der Waals surface area contributed by atoms with Crippen LogP contribution < -0.4 is 0 Å². The molecule has 2 nitrogen and oxygen atoms in total. The van der Waals surface area contributed by atoms with Crippen LogP contribution >= 0.6 is 0 Å². The fourth-order valence-electron chi connectivity index (χ4n) is 2.43. The number of hydrogen-bond donors (Lipinski definition) is 0. The van der Waals surface area contributed by atoms with E-state index in [0.717, 1.165) is 18.4 Å². The molecule has 1 aromatic rings. The average molecular weight is 230 g/mol. The lowest BCUT2D eigenvalue weighted by atomic mass is 9.96. The van der Waals surface area contributed by atoms with Crippen LogP contribution in [0.4, 0.5) is 0 Å². The molecule has 1 aromatic carbocycles. The van der Waals surface area contributed by atoms with Crippen molar-refractivity contribution in [1.82, 2.24) is 0 Å². The van der Waals surface area contributed by atoms with Gasteiger partial charge in [-0.3, -0.25) is 0 Å². The number of rotatable bonds is 2. The van der Waals surface area contributed by atoms with Crippen LogP contribution in [0.5, 0.6) is 0 Å². The molecule has 2 rings (SSSR count). The van der Waals surface area contributed by atoms with E-state index in [2.05, 4.69) is 25.6 Å². The van der Waals surface area contributed by atoms with Gasteiger partial charge in [0.2, 0.25) is 0 Å². The summed E-state index contributed by atoms with van der Waals surface area (Å²) in [7, 11) is 0. The number of esters is 1. The molecule has 1 unspecified atom stereocenters. The summed E-state index contributed by atoms with van der Waals surface area (Å²) in [4.78, 5) is 11.7. The molecule has 0 amide bonds. The number of ether oxygens (including phenoxy) is 1. The highest BCUT2D eigenvalue weighted by molar-refractivity contribution is 5.87. The third-order valence-electron chi connectivity index (χ3n) is 3.50. The molecule has 0 heterocycles. The Morgan fingerprint density at radius 2 is 2.18 bits per heavy atom. The Morgan fingerprint density at radius 1 is 1.47 bits per heavy atom. The highest BCUT2D eigenvalue weighted by atomic mass is 16.6.